The van der Waals surface area contributed by atoms with Crippen LogP contribution in [-0.2, 0) is 5.41 Å². The van der Waals surface area contributed by atoms with E-state index in [0.717, 1.165) is 5.75 Å². The number of hydrogen-bond donors (Lipinski definition) is 1. The van der Waals surface area contributed by atoms with Crippen LogP contribution in [0, 0.1) is 0 Å². The first-order valence-electron chi connectivity index (χ1n) is 8.24. The Labute approximate surface area is 152 Å². The molecule has 0 fully saturated rings. The molecule has 2 amide bonds. The summed E-state index contributed by atoms with van der Waals surface area (Å²) in [5.74, 6) is 2.40. The number of ether oxygens (including phenoxy) is 1. The smallest absolute Gasteiger partial charge is 0.325 e. The maximum absolute atomic E-state index is 12.0. The second-order valence-electron chi connectivity index (χ2n) is 6.88. The molecule has 0 aliphatic carbocycles. The molecule has 26 heavy (non-hydrogen) atoms. The van der Waals surface area contributed by atoms with Gasteiger partial charge in [-0.2, -0.15) is 0 Å². The van der Waals surface area contributed by atoms with Gasteiger partial charge in [-0.1, -0.05) is 44.1 Å². The van der Waals surface area contributed by atoms with Gasteiger partial charge in [0, 0.05) is 11.5 Å². The molecule has 0 unspecified atom stereocenters. The van der Waals surface area contributed by atoms with Gasteiger partial charge in [-0.3, -0.25) is 0 Å². The van der Waals surface area contributed by atoms with Crippen molar-refractivity contribution in [2.75, 3.05) is 4.90 Å². The van der Waals surface area contributed by atoms with E-state index >= 15 is 0 Å². The minimum Gasteiger partial charge on any atom is -0.457 e. The van der Waals surface area contributed by atoms with Gasteiger partial charge in [-0.25, -0.2) is 9.69 Å². The van der Waals surface area contributed by atoms with E-state index in [1.54, 1.807) is 30.3 Å². The Morgan fingerprint density at radius 2 is 1.65 bits per heavy atom. The summed E-state index contributed by atoms with van der Waals surface area (Å²) in [6, 6.07) is 17.6. The van der Waals surface area contributed by atoms with E-state index in [1.807, 2.05) is 51.1 Å². The summed E-state index contributed by atoms with van der Waals surface area (Å²) in [7, 11) is 0. The highest BCUT2D eigenvalue weighted by molar-refractivity contribution is 5.97. The molecule has 0 saturated carbocycles. The number of aromatic nitrogens is 1. The first kappa shape index (κ1) is 17.5. The highest BCUT2D eigenvalue weighted by Gasteiger charge is 2.24. The summed E-state index contributed by atoms with van der Waals surface area (Å²) < 4.78 is 11.1. The van der Waals surface area contributed by atoms with Crippen molar-refractivity contribution >= 4 is 17.5 Å². The summed E-state index contributed by atoms with van der Waals surface area (Å²) in [5, 5.41) is 3.99. The number of nitrogens with zero attached hydrogens (tertiary/aromatic N) is 2. The minimum atomic E-state index is -0.643. The van der Waals surface area contributed by atoms with Crippen molar-refractivity contribution in [2.24, 2.45) is 5.73 Å². The van der Waals surface area contributed by atoms with Gasteiger partial charge in [-0.15, -0.1) is 0 Å². The van der Waals surface area contributed by atoms with E-state index in [1.165, 1.54) is 4.90 Å². The molecule has 1 heterocycles. The zero-order chi connectivity index (χ0) is 18.7. The second-order valence-corrected chi connectivity index (χ2v) is 6.88. The average molecular weight is 351 g/mol. The van der Waals surface area contributed by atoms with Gasteiger partial charge in [0.1, 0.15) is 17.3 Å². The lowest BCUT2D eigenvalue weighted by Crippen LogP contribution is -2.31. The highest BCUT2D eigenvalue weighted by Crippen LogP contribution is 2.31. The molecule has 0 spiro atoms. The van der Waals surface area contributed by atoms with E-state index < -0.39 is 6.03 Å². The molecule has 0 saturated heterocycles. The van der Waals surface area contributed by atoms with Gasteiger partial charge in [0.15, 0.2) is 5.82 Å². The van der Waals surface area contributed by atoms with E-state index in [2.05, 4.69) is 5.16 Å². The lowest BCUT2D eigenvalue weighted by Gasteiger charge is -2.17. The number of para-hydroxylation sites is 1. The van der Waals surface area contributed by atoms with Gasteiger partial charge in [0.05, 0.1) is 5.69 Å². The fourth-order valence-corrected chi connectivity index (χ4v) is 2.38. The van der Waals surface area contributed by atoms with Crippen molar-refractivity contribution < 1.29 is 14.1 Å². The molecule has 6 heteroatoms. The lowest BCUT2D eigenvalue weighted by molar-refractivity contribution is 0.255. The molecule has 2 N–H and O–H groups in total. The summed E-state index contributed by atoms with van der Waals surface area (Å²) in [4.78, 5) is 13.3. The zero-order valence-electron chi connectivity index (χ0n) is 15.0. The number of amides is 2. The standard InChI is InChI=1S/C20H21N3O3/c1-20(2,3)17-13-18(22-26-17)23(19(21)24)14-9-11-16(12-10-14)25-15-7-5-4-6-8-15/h4-13H,1-3H3,(H2,21,24). The number of benzene rings is 2. The molecule has 1 aromatic heterocycles. The Bertz CT molecular complexity index is 881. The molecule has 0 bridgehead atoms. The largest absolute Gasteiger partial charge is 0.457 e. The van der Waals surface area contributed by atoms with Crippen molar-refractivity contribution in [1.29, 1.82) is 0 Å². The molecule has 0 radical (unpaired) electrons. The van der Waals surface area contributed by atoms with Crippen molar-refractivity contribution in [3.05, 3.63) is 66.4 Å². The predicted octanol–water partition coefficient (Wildman–Crippen LogP) is 4.98. The topological polar surface area (TPSA) is 81.6 Å². The van der Waals surface area contributed by atoms with Gasteiger partial charge in [0.25, 0.3) is 0 Å². The number of rotatable bonds is 4. The monoisotopic (exact) mass is 351 g/mol. The van der Waals surface area contributed by atoms with Crippen LogP contribution in [0.5, 0.6) is 11.5 Å². The number of nitrogens with two attached hydrogens (primary N) is 1. The molecule has 0 aliphatic rings. The molecule has 2 aromatic carbocycles. The molecular weight excluding hydrogens is 330 g/mol. The maximum atomic E-state index is 12.0. The number of carbonyl (C=O) groups is 1. The van der Waals surface area contributed by atoms with Gasteiger partial charge in [0.2, 0.25) is 0 Å². The van der Waals surface area contributed by atoms with Gasteiger partial charge < -0.3 is 15.0 Å². The molecule has 134 valence electrons. The number of primary amides is 1. The van der Waals surface area contributed by atoms with Crippen molar-refractivity contribution in [2.45, 2.75) is 26.2 Å². The molecule has 3 rings (SSSR count). The number of hydrogen-bond acceptors (Lipinski definition) is 4. The average Bonchev–Trinajstić information content (AvgIpc) is 3.07. The Balaban J connectivity index is 1.85. The molecule has 0 atom stereocenters. The fourth-order valence-electron chi connectivity index (χ4n) is 2.38. The van der Waals surface area contributed by atoms with Crippen molar-refractivity contribution in [3.8, 4) is 11.5 Å². The van der Waals surface area contributed by atoms with Crippen LogP contribution < -0.4 is 15.4 Å². The number of carbonyl (C=O) groups excluding carboxylic acids is 1. The third-order valence-corrected chi connectivity index (χ3v) is 3.76. The Morgan fingerprint density at radius 1 is 1.04 bits per heavy atom. The Hall–Kier alpha value is -3.28. The summed E-state index contributed by atoms with van der Waals surface area (Å²) in [6.07, 6.45) is 0. The van der Waals surface area contributed by atoms with Crippen LogP contribution in [0.25, 0.3) is 0 Å². The van der Waals surface area contributed by atoms with Crippen LogP contribution in [0.15, 0.2) is 65.2 Å². The summed E-state index contributed by atoms with van der Waals surface area (Å²) >= 11 is 0. The summed E-state index contributed by atoms with van der Waals surface area (Å²) in [5.41, 5.74) is 5.91. The normalized spacial score (nSPS) is 11.2. The zero-order valence-corrected chi connectivity index (χ0v) is 15.0. The van der Waals surface area contributed by atoms with Crippen LogP contribution in [0.3, 0.4) is 0 Å². The maximum Gasteiger partial charge on any atom is 0.325 e. The third-order valence-electron chi connectivity index (χ3n) is 3.76. The highest BCUT2D eigenvalue weighted by atomic mass is 16.5. The Morgan fingerprint density at radius 3 is 2.19 bits per heavy atom. The van der Waals surface area contributed by atoms with Crippen LogP contribution in [0.4, 0.5) is 16.3 Å². The molecule has 6 nitrogen and oxygen atoms in total. The fraction of sp³-hybridized carbons (Fsp3) is 0.200. The molecule has 3 aromatic rings. The van der Waals surface area contributed by atoms with E-state index in [-0.39, 0.29) is 5.41 Å². The first-order valence-corrected chi connectivity index (χ1v) is 8.24. The van der Waals surface area contributed by atoms with E-state index in [4.69, 9.17) is 15.0 Å². The van der Waals surface area contributed by atoms with Gasteiger partial charge >= 0.3 is 6.03 Å². The van der Waals surface area contributed by atoms with Crippen molar-refractivity contribution in [1.82, 2.24) is 5.16 Å². The molecular formula is C20H21N3O3. The van der Waals surface area contributed by atoms with Crippen LogP contribution in [-0.4, -0.2) is 11.2 Å². The molecule has 0 aliphatic heterocycles. The summed E-state index contributed by atoms with van der Waals surface area (Å²) in [6.45, 7) is 6.00. The van der Waals surface area contributed by atoms with Crippen LogP contribution in [0.2, 0.25) is 0 Å². The first-order chi connectivity index (χ1) is 12.3. The number of urea groups is 1. The minimum absolute atomic E-state index is 0.220. The van der Waals surface area contributed by atoms with E-state index in [0.29, 0.717) is 23.0 Å². The number of anilines is 2. The lowest BCUT2D eigenvalue weighted by atomic mass is 9.93. The van der Waals surface area contributed by atoms with E-state index in [9.17, 15) is 4.79 Å². The SMILES string of the molecule is CC(C)(C)c1cc(N(C(N)=O)c2ccc(Oc3ccccc3)cc2)no1. The van der Waals surface area contributed by atoms with Gasteiger partial charge in [-0.05, 0) is 36.4 Å². The second kappa shape index (κ2) is 6.92. The van der Waals surface area contributed by atoms with Crippen molar-refractivity contribution in [3.63, 3.8) is 0 Å². The third kappa shape index (κ3) is 3.85. The quantitative estimate of drug-likeness (QED) is 0.718. The van der Waals surface area contributed by atoms with Crippen LogP contribution in [0.1, 0.15) is 26.5 Å². The Kier molecular flexibility index (Phi) is 4.67. The van der Waals surface area contributed by atoms with Crippen LogP contribution >= 0.6 is 0 Å². The predicted molar refractivity (Wildman–Crippen MR) is 99.9 cm³/mol.